The molecule has 3 rings (SSSR count). The number of benzene rings is 1. The minimum absolute atomic E-state index is 0. The molecular formula is C18H27IN6. The molecule has 0 saturated carbocycles. The monoisotopic (exact) mass is 454 g/mol. The number of aromatic amines is 1. The molecule has 0 aliphatic carbocycles. The summed E-state index contributed by atoms with van der Waals surface area (Å²) in [4.78, 5) is 6.85. The molecule has 25 heavy (non-hydrogen) atoms. The molecule has 2 aromatic rings. The third-order valence-electron chi connectivity index (χ3n) is 4.50. The zero-order valence-electron chi connectivity index (χ0n) is 14.8. The lowest BCUT2D eigenvalue weighted by atomic mass is 10.2. The number of nitrogens with one attached hydrogen (secondary N) is 3. The summed E-state index contributed by atoms with van der Waals surface area (Å²) in [5.74, 6) is 0.836. The molecule has 1 aliphatic rings. The number of hydrogen-bond donors (Lipinski definition) is 3. The van der Waals surface area contributed by atoms with Crippen molar-refractivity contribution in [1.29, 1.82) is 0 Å². The highest BCUT2D eigenvalue weighted by atomic mass is 127. The molecule has 0 radical (unpaired) electrons. The van der Waals surface area contributed by atoms with E-state index in [9.17, 15) is 0 Å². The number of aliphatic imine (C=N–C) groups is 1. The summed E-state index contributed by atoms with van der Waals surface area (Å²) in [6, 6.07) is 13.6. The van der Waals surface area contributed by atoms with Crippen LogP contribution in [0.5, 0.6) is 0 Å². The predicted molar refractivity (Wildman–Crippen MR) is 112 cm³/mol. The van der Waals surface area contributed by atoms with Crippen LogP contribution in [0.15, 0.2) is 47.6 Å². The fraction of sp³-hybridized carbons (Fsp3) is 0.444. The van der Waals surface area contributed by atoms with Gasteiger partial charge in [-0.25, -0.2) is 0 Å². The van der Waals surface area contributed by atoms with Gasteiger partial charge in [-0.1, -0.05) is 30.3 Å². The maximum absolute atomic E-state index is 4.33. The van der Waals surface area contributed by atoms with Gasteiger partial charge in [0.1, 0.15) is 0 Å². The second kappa shape index (κ2) is 9.76. The summed E-state index contributed by atoms with van der Waals surface area (Å²) < 4.78 is 0. The first-order valence-electron chi connectivity index (χ1n) is 8.48. The average Bonchev–Trinajstić information content (AvgIpc) is 3.23. The zero-order chi connectivity index (χ0) is 16.8. The molecular weight excluding hydrogens is 427 g/mol. The highest BCUT2D eigenvalue weighted by molar-refractivity contribution is 14.0. The maximum atomic E-state index is 4.33. The molecule has 0 amide bonds. The molecule has 136 valence electrons. The summed E-state index contributed by atoms with van der Waals surface area (Å²) in [6.07, 6.45) is 2.88. The van der Waals surface area contributed by atoms with Gasteiger partial charge in [0.25, 0.3) is 0 Å². The van der Waals surface area contributed by atoms with E-state index in [1.54, 1.807) is 6.20 Å². The molecule has 6 nitrogen and oxygen atoms in total. The molecule has 3 N–H and O–H groups in total. The Morgan fingerprint density at radius 2 is 2.12 bits per heavy atom. The second-order valence-electron chi connectivity index (χ2n) is 6.35. The van der Waals surface area contributed by atoms with Crippen LogP contribution in [0.3, 0.4) is 0 Å². The van der Waals surface area contributed by atoms with E-state index in [0.717, 1.165) is 31.2 Å². The fourth-order valence-corrected chi connectivity index (χ4v) is 3.19. The lowest BCUT2D eigenvalue weighted by Crippen LogP contribution is -2.44. The zero-order valence-corrected chi connectivity index (χ0v) is 17.1. The lowest BCUT2D eigenvalue weighted by Gasteiger charge is -2.21. The van der Waals surface area contributed by atoms with Gasteiger partial charge >= 0.3 is 0 Å². The Morgan fingerprint density at radius 1 is 1.32 bits per heavy atom. The summed E-state index contributed by atoms with van der Waals surface area (Å²) in [7, 11) is 1.81. The van der Waals surface area contributed by atoms with Crippen LogP contribution >= 0.6 is 24.0 Å². The molecule has 7 heteroatoms. The van der Waals surface area contributed by atoms with Crippen molar-refractivity contribution in [1.82, 2.24) is 25.7 Å². The number of H-pyrrole nitrogens is 1. The van der Waals surface area contributed by atoms with Crippen LogP contribution in [0.2, 0.25) is 0 Å². The summed E-state index contributed by atoms with van der Waals surface area (Å²) >= 11 is 0. The van der Waals surface area contributed by atoms with Gasteiger partial charge < -0.3 is 10.6 Å². The van der Waals surface area contributed by atoms with Gasteiger partial charge in [-0.3, -0.25) is 15.0 Å². The number of guanidine groups is 1. The van der Waals surface area contributed by atoms with Gasteiger partial charge in [0.05, 0.1) is 12.2 Å². The third kappa shape index (κ3) is 5.71. The van der Waals surface area contributed by atoms with Crippen LogP contribution in [0.1, 0.15) is 24.6 Å². The van der Waals surface area contributed by atoms with Crippen LogP contribution in [0, 0.1) is 0 Å². The van der Waals surface area contributed by atoms with Gasteiger partial charge in [-0.2, -0.15) is 5.10 Å². The Kier molecular flexibility index (Phi) is 7.70. The number of likely N-dealkylation sites (tertiary alicyclic amines) is 1. The Hall–Kier alpha value is -1.61. The van der Waals surface area contributed by atoms with Gasteiger partial charge in [0.2, 0.25) is 0 Å². The number of aromatic nitrogens is 2. The predicted octanol–water partition coefficient (Wildman–Crippen LogP) is 2.36. The van der Waals surface area contributed by atoms with E-state index in [2.05, 4.69) is 68.0 Å². The number of rotatable bonds is 5. The van der Waals surface area contributed by atoms with E-state index < -0.39 is 0 Å². The van der Waals surface area contributed by atoms with Crippen molar-refractivity contribution in [3.63, 3.8) is 0 Å². The molecule has 1 aliphatic heterocycles. The van der Waals surface area contributed by atoms with Crippen molar-refractivity contribution in [2.75, 3.05) is 13.6 Å². The van der Waals surface area contributed by atoms with Crippen LogP contribution in [-0.4, -0.2) is 46.7 Å². The van der Waals surface area contributed by atoms with Gasteiger partial charge in [0.15, 0.2) is 5.96 Å². The molecule has 2 atom stereocenters. The molecule has 2 unspecified atom stereocenters. The lowest BCUT2D eigenvalue weighted by molar-refractivity contribution is 0.258. The Bertz CT molecular complexity index is 643. The maximum Gasteiger partial charge on any atom is 0.191 e. The highest BCUT2D eigenvalue weighted by Gasteiger charge is 2.29. The van der Waals surface area contributed by atoms with Crippen molar-refractivity contribution in [3.8, 4) is 0 Å². The first kappa shape index (κ1) is 19.7. The van der Waals surface area contributed by atoms with E-state index in [1.807, 2.05) is 13.1 Å². The van der Waals surface area contributed by atoms with E-state index in [-0.39, 0.29) is 24.0 Å². The molecule has 0 spiro atoms. The number of halogens is 1. The van der Waals surface area contributed by atoms with Gasteiger partial charge in [-0.15, -0.1) is 24.0 Å². The molecule has 1 fully saturated rings. The van der Waals surface area contributed by atoms with Crippen molar-refractivity contribution < 1.29 is 0 Å². The van der Waals surface area contributed by atoms with E-state index in [4.69, 9.17) is 0 Å². The van der Waals surface area contributed by atoms with Crippen LogP contribution in [0.4, 0.5) is 0 Å². The Labute approximate surface area is 166 Å². The largest absolute Gasteiger partial charge is 0.352 e. The summed E-state index contributed by atoms with van der Waals surface area (Å²) in [5.41, 5.74) is 2.41. The Balaban J connectivity index is 0.00000225. The Morgan fingerprint density at radius 3 is 2.80 bits per heavy atom. The van der Waals surface area contributed by atoms with Gasteiger partial charge in [0, 0.05) is 38.4 Å². The van der Waals surface area contributed by atoms with Crippen LogP contribution in [0.25, 0.3) is 0 Å². The quantitative estimate of drug-likeness (QED) is 0.369. The third-order valence-corrected chi connectivity index (χ3v) is 4.50. The smallest absolute Gasteiger partial charge is 0.191 e. The van der Waals surface area contributed by atoms with Crippen molar-refractivity contribution in [2.45, 2.75) is 38.5 Å². The second-order valence-corrected chi connectivity index (χ2v) is 6.35. The molecule has 1 saturated heterocycles. The SMILES string of the molecule is CN=C(NCc1ccn[nH]1)NC1CC(C)N(Cc2ccccc2)C1.I. The van der Waals surface area contributed by atoms with Crippen molar-refractivity contribution >= 4 is 29.9 Å². The molecule has 2 heterocycles. The molecule has 1 aromatic heterocycles. The van der Waals surface area contributed by atoms with Crippen LogP contribution < -0.4 is 10.6 Å². The first-order chi connectivity index (χ1) is 11.7. The summed E-state index contributed by atoms with van der Waals surface area (Å²) in [6.45, 7) is 5.02. The van der Waals surface area contributed by atoms with E-state index >= 15 is 0 Å². The van der Waals surface area contributed by atoms with E-state index in [0.29, 0.717) is 18.6 Å². The van der Waals surface area contributed by atoms with E-state index in [1.165, 1.54) is 5.56 Å². The highest BCUT2D eigenvalue weighted by Crippen LogP contribution is 2.20. The first-order valence-corrected chi connectivity index (χ1v) is 8.48. The van der Waals surface area contributed by atoms with Crippen molar-refractivity contribution in [2.24, 2.45) is 4.99 Å². The number of nitrogens with zero attached hydrogens (tertiary/aromatic N) is 3. The summed E-state index contributed by atoms with van der Waals surface area (Å²) in [5, 5.41) is 13.8. The number of hydrogen-bond acceptors (Lipinski definition) is 3. The van der Waals surface area contributed by atoms with Crippen LogP contribution in [-0.2, 0) is 13.1 Å². The van der Waals surface area contributed by atoms with Crippen molar-refractivity contribution in [3.05, 3.63) is 53.9 Å². The van der Waals surface area contributed by atoms with Gasteiger partial charge in [-0.05, 0) is 25.0 Å². The average molecular weight is 454 g/mol. The fourth-order valence-electron chi connectivity index (χ4n) is 3.19. The molecule has 1 aromatic carbocycles. The topological polar surface area (TPSA) is 68.3 Å². The molecule has 0 bridgehead atoms. The normalized spacial score (nSPS) is 21.0. The minimum atomic E-state index is 0. The minimum Gasteiger partial charge on any atom is -0.352 e. The standard InChI is InChI=1S/C18H26N6.HI/c1-14-10-17(13-24(14)12-15-6-4-3-5-7-15)22-18(19-2)20-11-16-8-9-21-23-16;/h3-9,14,17H,10-13H2,1-2H3,(H,21,23)(H2,19,20,22);1H.